The molecule has 3 nitrogen and oxygen atoms in total. The molecule has 1 aromatic carbocycles. The fraction of sp³-hybridized carbons (Fsp3) is 0.250. The summed E-state index contributed by atoms with van der Waals surface area (Å²) >= 11 is 5.87. The van der Waals surface area contributed by atoms with Gasteiger partial charge in [-0.3, -0.25) is 5.10 Å². The second kappa shape index (κ2) is 3.92. The van der Waals surface area contributed by atoms with Crippen molar-refractivity contribution >= 4 is 11.6 Å². The molecule has 0 saturated carbocycles. The van der Waals surface area contributed by atoms with E-state index >= 15 is 0 Å². The highest BCUT2D eigenvalue weighted by Crippen LogP contribution is 2.26. The van der Waals surface area contributed by atoms with Crippen molar-refractivity contribution in [3.8, 4) is 11.3 Å². The Balaban J connectivity index is 2.06. The molecule has 1 aromatic heterocycles. The molecule has 1 aliphatic rings. The standard InChI is InChI=1S/C12H11ClN3/c13-9-3-1-8(2-4-9)12-10-7-14-6-5-11(10)15-16-12/h1-4H,5-7H2,(H,15,16). The highest BCUT2D eigenvalue weighted by atomic mass is 35.5. The van der Waals surface area contributed by atoms with Gasteiger partial charge >= 0.3 is 0 Å². The van der Waals surface area contributed by atoms with Crippen molar-refractivity contribution in [2.75, 3.05) is 6.54 Å². The van der Waals surface area contributed by atoms with Crippen LogP contribution in [0.2, 0.25) is 5.02 Å². The van der Waals surface area contributed by atoms with E-state index in [9.17, 15) is 0 Å². The first kappa shape index (κ1) is 9.87. The molecule has 81 valence electrons. The molecule has 0 spiro atoms. The Hall–Kier alpha value is -1.32. The largest absolute Gasteiger partial charge is 0.282 e. The topological polar surface area (TPSA) is 42.8 Å². The fourth-order valence-corrected chi connectivity index (χ4v) is 2.13. The van der Waals surface area contributed by atoms with Gasteiger partial charge in [0.15, 0.2) is 0 Å². The molecular weight excluding hydrogens is 222 g/mol. The van der Waals surface area contributed by atoms with Crippen molar-refractivity contribution in [1.82, 2.24) is 15.5 Å². The van der Waals surface area contributed by atoms with Crippen LogP contribution < -0.4 is 5.32 Å². The molecule has 0 bridgehead atoms. The van der Waals surface area contributed by atoms with Gasteiger partial charge in [-0.05, 0) is 12.1 Å². The van der Waals surface area contributed by atoms with Crippen LogP contribution >= 0.6 is 11.6 Å². The number of H-pyrrole nitrogens is 1. The van der Waals surface area contributed by atoms with Crippen molar-refractivity contribution in [2.45, 2.75) is 13.0 Å². The number of hydrogen-bond donors (Lipinski definition) is 1. The fourth-order valence-electron chi connectivity index (χ4n) is 2.01. The average Bonchev–Trinajstić information content (AvgIpc) is 2.74. The normalized spacial score (nSPS) is 14.8. The van der Waals surface area contributed by atoms with Gasteiger partial charge < -0.3 is 0 Å². The Labute approximate surface area is 98.8 Å². The van der Waals surface area contributed by atoms with Crippen LogP contribution in [0.1, 0.15) is 11.3 Å². The van der Waals surface area contributed by atoms with E-state index in [4.69, 9.17) is 11.6 Å². The van der Waals surface area contributed by atoms with Crippen LogP contribution in [0.5, 0.6) is 0 Å². The zero-order valence-electron chi connectivity index (χ0n) is 8.70. The first-order valence-electron chi connectivity index (χ1n) is 5.30. The Kier molecular flexibility index (Phi) is 2.42. The summed E-state index contributed by atoms with van der Waals surface area (Å²) in [6.07, 6.45) is 0.968. The van der Waals surface area contributed by atoms with Crippen LogP contribution in [0, 0.1) is 0 Å². The average molecular weight is 233 g/mol. The summed E-state index contributed by atoms with van der Waals surface area (Å²) in [6, 6.07) is 7.76. The molecule has 0 unspecified atom stereocenters. The van der Waals surface area contributed by atoms with E-state index in [1.54, 1.807) is 0 Å². The van der Waals surface area contributed by atoms with Gasteiger partial charge in [0, 0.05) is 41.4 Å². The SMILES string of the molecule is Clc1ccc(-c2n[nH]c3c2C[N]CC3)cc1. The second-order valence-corrected chi connectivity index (χ2v) is 4.33. The molecule has 2 heterocycles. The molecular formula is C12H11ClN3. The summed E-state index contributed by atoms with van der Waals surface area (Å²) in [7, 11) is 0. The lowest BCUT2D eigenvalue weighted by molar-refractivity contribution is 0.624. The molecule has 0 fully saturated rings. The number of benzene rings is 1. The Bertz CT molecular complexity index is 501. The van der Waals surface area contributed by atoms with Crippen molar-refractivity contribution in [3.63, 3.8) is 0 Å². The van der Waals surface area contributed by atoms with Gasteiger partial charge in [0.1, 0.15) is 0 Å². The van der Waals surface area contributed by atoms with E-state index < -0.39 is 0 Å². The second-order valence-electron chi connectivity index (χ2n) is 3.89. The molecule has 1 N–H and O–H groups in total. The van der Waals surface area contributed by atoms with Crippen LogP contribution in [-0.2, 0) is 13.0 Å². The van der Waals surface area contributed by atoms with Crippen molar-refractivity contribution in [2.24, 2.45) is 0 Å². The van der Waals surface area contributed by atoms with Crippen LogP contribution in [0.3, 0.4) is 0 Å². The number of nitrogens with one attached hydrogen (secondary N) is 1. The van der Waals surface area contributed by atoms with Gasteiger partial charge in [-0.15, -0.1) is 0 Å². The third-order valence-corrected chi connectivity index (χ3v) is 3.11. The zero-order valence-corrected chi connectivity index (χ0v) is 9.46. The Morgan fingerprint density at radius 2 is 2.00 bits per heavy atom. The molecule has 1 aliphatic heterocycles. The number of nitrogens with zero attached hydrogens (tertiary/aromatic N) is 2. The van der Waals surface area contributed by atoms with Crippen molar-refractivity contribution in [3.05, 3.63) is 40.5 Å². The quantitative estimate of drug-likeness (QED) is 0.806. The molecule has 0 saturated heterocycles. The minimum Gasteiger partial charge on any atom is -0.282 e. The van der Waals surface area contributed by atoms with Gasteiger partial charge in [-0.25, -0.2) is 5.32 Å². The number of aromatic nitrogens is 2. The summed E-state index contributed by atoms with van der Waals surface area (Å²) in [5.41, 5.74) is 4.56. The van der Waals surface area contributed by atoms with Crippen LogP contribution in [0.25, 0.3) is 11.3 Å². The summed E-state index contributed by atoms with van der Waals surface area (Å²) in [6.45, 7) is 1.67. The lowest BCUT2D eigenvalue weighted by atomic mass is 10.0. The van der Waals surface area contributed by atoms with Crippen LogP contribution in [0.4, 0.5) is 0 Å². The van der Waals surface area contributed by atoms with Crippen molar-refractivity contribution in [1.29, 1.82) is 0 Å². The lowest BCUT2D eigenvalue weighted by Crippen LogP contribution is -2.16. The van der Waals surface area contributed by atoms with E-state index in [0.29, 0.717) is 0 Å². The van der Waals surface area contributed by atoms with Gasteiger partial charge in [0.05, 0.1) is 5.69 Å². The number of rotatable bonds is 1. The summed E-state index contributed by atoms with van der Waals surface area (Å²) in [5, 5.41) is 12.6. The predicted molar refractivity (Wildman–Crippen MR) is 63.4 cm³/mol. The minimum absolute atomic E-state index is 0.748. The monoisotopic (exact) mass is 232 g/mol. The summed E-state index contributed by atoms with van der Waals surface area (Å²) in [4.78, 5) is 0. The molecule has 16 heavy (non-hydrogen) atoms. The molecule has 0 amide bonds. The maximum Gasteiger partial charge on any atom is 0.0969 e. The highest BCUT2D eigenvalue weighted by molar-refractivity contribution is 6.30. The number of hydrogen-bond acceptors (Lipinski definition) is 1. The van der Waals surface area contributed by atoms with E-state index in [2.05, 4.69) is 15.5 Å². The predicted octanol–water partition coefficient (Wildman–Crippen LogP) is 2.39. The van der Waals surface area contributed by atoms with Gasteiger partial charge in [-0.2, -0.15) is 5.10 Å². The van der Waals surface area contributed by atoms with E-state index in [1.807, 2.05) is 24.3 Å². The lowest BCUT2D eigenvalue weighted by Gasteiger charge is -2.11. The minimum atomic E-state index is 0.748. The highest BCUT2D eigenvalue weighted by Gasteiger charge is 2.17. The smallest absolute Gasteiger partial charge is 0.0969 e. The molecule has 2 aromatic rings. The van der Waals surface area contributed by atoms with Gasteiger partial charge in [0.2, 0.25) is 0 Å². The molecule has 3 rings (SSSR count). The van der Waals surface area contributed by atoms with E-state index in [1.165, 1.54) is 11.3 Å². The van der Waals surface area contributed by atoms with Crippen LogP contribution in [-0.4, -0.2) is 16.7 Å². The summed E-state index contributed by atoms with van der Waals surface area (Å²) < 4.78 is 0. The Morgan fingerprint density at radius 1 is 1.19 bits per heavy atom. The maximum atomic E-state index is 5.87. The number of halogens is 1. The van der Waals surface area contributed by atoms with E-state index in [0.717, 1.165) is 35.8 Å². The van der Waals surface area contributed by atoms with Crippen LogP contribution in [0.15, 0.2) is 24.3 Å². The maximum absolute atomic E-state index is 5.87. The van der Waals surface area contributed by atoms with Gasteiger partial charge in [-0.1, -0.05) is 23.7 Å². The van der Waals surface area contributed by atoms with Crippen molar-refractivity contribution < 1.29 is 0 Å². The van der Waals surface area contributed by atoms with E-state index in [-0.39, 0.29) is 0 Å². The third kappa shape index (κ3) is 1.62. The molecule has 4 heteroatoms. The molecule has 0 atom stereocenters. The third-order valence-electron chi connectivity index (χ3n) is 2.86. The van der Waals surface area contributed by atoms with Gasteiger partial charge in [0.25, 0.3) is 0 Å². The molecule has 1 radical (unpaired) electrons. The molecule has 0 aliphatic carbocycles. The number of aromatic amines is 1. The number of fused-ring (bicyclic) bond motifs is 1. The zero-order chi connectivity index (χ0) is 11.0. The Morgan fingerprint density at radius 3 is 2.81 bits per heavy atom. The first-order valence-corrected chi connectivity index (χ1v) is 5.68. The first-order chi connectivity index (χ1) is 7.84. The summed E-state index contributed by atoms with van der Waals surface area (Å²) in [5.74, 6) is 0.